The van der Waals surface area contributed by atoms with E-state index in [-0.39, 0.29) is 0 Å². The Labute approximate surface area is 121 Å². The van der Waals surface area contributed by atoms with Crippen molar-refractivity contribution in [3.8, 4) is 0 Å². The number of aliphatic carboxylic acids is 1. The number of carboxylic acid groups (broad SMARTS) is 1. The predicted octanol–water partition coefficient (Wildman–Crippen LogP) is 2.76. The van der Waals surface area contributed by atoms with Crippen LogP contribution in [0.25, 0.3) is 0 Å². The number of carboxylic acids is 1. The molecule has 0 unspecified atom stereocenters. The van der Waals surface area contributed by atoms with E-state index in [9.17, 15) is 9.59 Å². The molecular formula is C15H28N2O3. The minimum atomic E-state index is -1.00. The van der Waals surface area contributed by atoms with Crippen molar-refractivity contribution >= 4 is 12.0 Å². The second kappa shape index (κ2) is 7.50. The Bertz CT molecular complexity index is 331. The molecule has 5 nitrogen and oxygen atoms in total. The molecule has 0 aromatic rings. The smallest absolute Gasteiger partial charge is 0.326 e. The second-order valence-corrected chi connectivity index (χ2v) is 6.83. The molecule has 0 saturated heterocycles. The van der Waals surface area contributed by atoms with E-state index in [0.717, 1.165) is 18.8 Å². The molecule has 1 aliphatic carbocycles. The minimum Gasteiger partial charge on any atom is -0.480 e. The number of carbonyl (C=O) groups excluding carboxylic acids is 1. The van der Waals surface area contributed by atoms with E-state index >= 15 is 0 Å². The topological polar surface area (TPSA) is 78.4 Å². The lowest BCUT2D eigenvalue weighted by Crippen LogP contribution is -2.52. The highest BCUT2D eigenvalue weighted by molar-refractivity contribution is 5.83. The summed E-state index contributed by atoms with van der Waals surface area (Å²) in [5, 5.41) is 14.4. The molecule has 20 heavy (non-hydrogen) atoms. The standard InChI is InChI=1S/C15H28N2O3/c1-15(2,3)12(13(18)19)17-14(20)16-10-6-9-11-7-4-5-8-11/h11-12H,4-10H2,1-3H3,(H,18,19)(H2,16,17,20)/t12-/m1/s1. The fourth-order valence-electron chi connectivity index (χ4n) is 2.72. The Morgan fingerprint density at radius 2 is 1.85 bits per heavy atom. The van der Waals surface area contributed by atoms with Crippen LogP contribution in [-0.2, 0) is 4.79 Å². The number of carbonyl (C=O) groups is 2. The van der Waals surface area contributed by atoms with Gasteiger partial charge in [0.1, 0.15) is 6.04 Å². The van der Waals surface area contributed by atoms with Crippen molar-refractivity contribution in [2.45, 2.75) is 65.3 Å². The van der Waals surface area contributed by atoms with Gasteiger partial charge in [0.15, 0.2) is 0 Å². The van der Waals surface area contributed by atoms with Crippen LogP contribution in [0.1, 0.15) is 59.3 Å². The lowest BCUT2D eigenvalue weighted by atomic mass is 9.87. The molecule has 3 N–H and O–H groups in total. The summed E-state index contributed by atoms with van der Waals surface area (Å²) >= 11 is 0. The van der Waals surface area contributed by atoms with Crippen molar-refractivity contribution in [2.24, 2.45) is 11.3 Å². The lowest BCUT2D eigenvalue weighted by Gasteiger charge is -2.27. The molecule has 0 aromatic heterocycles. The molecule has 0 aromatic carbocycles. The van der Waals surface area contributed by atoms with Crippen LogP contribution >= 0.6 is 0 Å². The van der Waals surface area contributed by atoms with E-state index in [2.05, 4.69) is 10.6 Å². The first-order valence-corrected chi connectivity index (χ1v) is 7.58. The third kappa shape index (κ3) is 5.80. The fourth-order valence-corrected chi connectivity index (χ4v) is 2.72. The highest BCUT2D eigenvalue weighted by Crippen LogP contribution is 2.28. The van der Waals surface area contributed by atoms with Gasteiger partial charge in [-0.25, -0.2) is 9.59 Å². The van der Waals surface area contributed by atoms with Crippen LogP contribution in [0.15, 0.2) is 0 Å². The van der Waals surface area contributed by atoms with Crippen LogP contribution < -0.4 is 10.6 Å². The van der Waals surface area contributed by atoms with Gasteiger partial charge in [-0.15, -0.1) is 0 Å². The van der Waals surface area contributed by atoms with Crippen molar-refractivity contribution in [1.29, 1.82) is 0 Å². The van der Waals surface area contributed by atoms with E-state index in [1.54, 1.807) is 20.8 Å². The van der Waals surface area contributed by atoms with Gasteiger partial charge in [-0.1, -0.05) is 46.5 Å². The predicted molar refractivity (Wildman–Crippen MR) is 78.6 cm³/mol. The Hall–Kier alpha value is -1.26. The summed E-state index contributed by atoms with van der Waals surface area (Å²) in [5.41, 5.74) is -0.507. The molecule has 1 fully saturated rings. The van der Waals surface area contributed by atoms with Crippen LogP contribution in [0.5, 0.6) is 0 Å². The SMILES string of the molecule is CC(C)(C)[C@H](NC(=O)NCCCC1CCCC1)C(=O)O. The molecule has 0 heterocycles. The van der Waals surface area contributed by atoms with Crippen LogP contribution in [0.4, 0.5) is 4.79 Å². The summed E-state index contributed by atoms with van der Waals surface area (Å²) in [6.45, 7) is 6.00. The first-order chi connectivity index (χ1) is 9.30. The Balaban J connectivity index is 2.22. The number of nitrogens with one attached hydrogen (secondary N) is 2. The maximum Gasteiger partial charge on any atom is 0.326 e. The van der Waals surface area contributed by atoms with Gasteiger partial charge in [-0.2, -0.15) is 0 Å². The third-order valence-corrected chi connectivity index (χ3v) is 3.94. The van der Waals surface area contributed by atoms with Gasteiger partial charge in [0.25, 0.3) is 0 Å². The lowest BCUT2D eigenvalue weighted by molar-refractivity contribution is -0.141. The van der Waals surface area contributed by atoms with Gasteiger partial charge in [0, 0.05) is 6.54 Å². The summed E-state index contributed by atoms with van der Waals surface area (Å²) in [6, 6.07) is -1.27. The second-order valence-electron chi connectivity index (χ2n) is 6.83. The van der Waals surface area contributed by atoms with E-state index in [4.69, 9.17) is 5.11 Å². The molecule has 1 atom stereocenters. The first kappa shape index (κ1) is 16.8. The number of hydrogen-bond donors (Lipinski definition) is 3. The molecular weight excluding hydrogens is 256 g/mol. The van der Waals surface area contributed by atoms with Crippen LogP contribution in [0.3, 0.4) is 0 Å². The molecule has 0 spiro atoms. The molecule has 1 aliphatic rings. The molecule has 0 radical (unpaired) electrons. The van der Waals surface area contributed by atoms with Crippen molar-refractivity contribution in [1.82, 2.24) is 10.6 Å². The third-order valence-electron chi connectivity index (χ3n) is 3.94. The van der Waals surface area contributed by atoms with Gasteiger partial charge in [-0.05, 0) is 24.2 Å². The van der Waals surface area contributed by atoms with Crippen molar-refractivity contribution in [2.75, 3.05) is 6.54 Å². The normalized spacial score (nSPS) is 17.8. The summed E-state index contributed by atoms with van der Waals surface area (Å²) in [4.78, 5) is 22.9. The molecule has 5 heteroatoms. The summed E-state index contributed by atoms with van der Waals surface area (Å²) in [7, 11) is 0. The summed E-state index contributed by atoms with van der Waals surface area (Å²) in [5.74, 6) is -0.181. The highest BCUT2D eigenvalue weighted by Gasteiger charge is 2.32. The Morgan fingerprint density at radius 1 is 1.25 bits per heavy atom. The van der Waals surface area contributed by atoms with Crippen LogP contribution in [0.2, 0.25) is 0 Å². The largest absolute Gasteiger partial charge is 0.480 e. The van der Waals surface area contributed by atoms with Crippen molar-refractivity contribution in [3.63, 3.8) is 0 Å². The van der Waals surface area contributed by atoms with E-state index in [1.807, 2.05) is 0 Å². The quantitative estimate of drug-likeness (QED) is 0.656. The van der Waals surface area contributed by atoms with Gasteiger partial charge < -0.3 is 15.7 Å². The zero-order valence-electron chi connectivity index (χ0n) is 12.9. The molecule has 1 rings (SSSR count). The number of urea groups is 1. The fraction of sp³-hybridized carbons (Fsp3) is 0.867. The van der Waals surface area contributed by atoms with E-state index < -0.39 is 23.5 Å². The zero-order chi connectivity index (χ0) is 15.2. The zero-order valence-corrected chi connectivity index (χ0v) is 12.9. The van der Waals surface area contributed by atoms with Crippen molar-refractivity contribution in [3.05, 3.63) is 0 Å². The van der Waals surface area contributed by atoms with Crippen LogP contribution in [-0.4, -0.2) is 29.7 Å². The summed E-state index contributed by atoms with van der Waals surface area (Å²) in [6.07, 6.45) is 7.43. The van der Waals surface area contributed by atoms with Crippen LogP contribution in [0, 0.1) is 11.3 Å². The number of rotatable bonds is 6. The highest BCUT2D eigenvalue weighted by atomic mass is 16.4. The average molecular weight is 284 g/mol. The Morgan fingerprint density at radius 3 is 2.35 bits per heavy atom. The molecule has 2 amide bonds. The molecule has 0 bridgehead atoms. The summed E-state index contributed by atoms with van der Waals surface area (Å²) < 4.78 is 0. The maximum absolute atomic E-state index is 11.7. The molecule has 0 aliphatic heterocycles. The van der Waals surface area contributed by atoms with Gasteiger partial charge in [0.05, 0.1) is 0 Å². The average Bonchev–Trinajstić information content (AvgIpc) is 2.83. The van der Waals surface area contributed by atoms with Crippen molar-refractivity contribution < 1.29 is 14.7 Å². The van der Waals surface area contributed by atoms with E-state index in [1.165, 1.54) is 25.7 Å². The number of amides is 2. The Kier molecular flexibility index (Phi) is 6.30. The molecule has 1 saturated carbocycles. The molecule has 116 valence electrons. The minimum absolute atomic E-state index is 0.390. The van der Waals surface area contributed by atoms with Gasteiger partial charge in [-0.3, -0.25) is 0 Å². The van der Waals surface area contributed by atoms with E-state index in [0.29, 0.717) is 6.54 Å². The van der Waals surface area contributed by atoms with Gasteiger partial charge >= 0.3 is 12.0 Å². The first-order valence-electron chi connectivity index (χ1n) is 7.58. The number of hydrogen-bond acceptors (Lipinski definition) is 2. The van der Waals surface area contributed by atoms with Gasteiger partial charge in [0.2, 0.25) is 0 Å². The monoisotopic (exact) mass is 284 g/mol. The maximum atomic E-state index is 11.7.